The summed E-state index contributed by atoms with van der Waals surface area (Å²) in [6, 6.07) is 0. The first-order valence-corrected chi connectivity index (χ1v) is 10.9. The van der Waals surface area contributed by atoms with Crippen LogP contribution in [-0.4, -0.2) is 0 Å². The largest absolute Gasteiger partial charge is 1.00 e. The molecule has 128 valence electrons. The number of hydrogen-bond acceptors (Lipinski definition) is 0. The van der Waals surface area contributed by atoms with E-state index in [0.717, 1.165) is 11.8 Å². The van der Waals surface area contributed by atoms with Crippen molar-refractivity contribution in [3.05, 3.63) is 41.0 Å². The van der Waals surface area contributed by atoms with Gasteiger partial charge < -0.3 is 24.8 Å². The quantitative estimate of drug-likeness (QED) is 0.569. The van der Waals surface area contributed by atoms with E-state index < -0.39 is 23.2 Å². The monoisotopic (exact) mass is 430 g/mol. The second-order valence-electron chi connectivity index (χ2n) is 7.46. The molecule has 0 saturated carbocycles. The molecule has 2 rings (SSSR count). The fraction of sp³-hybridized carbons (Fsp3) is 0.600. The summed E-state index contributed by atoms with van der Waals surface area (Å²) in [4.78, 5) is 0. The molecule has 0 spiro atoms. The van der Waals surface area contributed by atoms with Crippen molar-refractivity contribution in [3.63, 3.8) is 0 Å². The second-order valence-corrected chi connectivity index (χ2v) is 10.5. The Morgan fingerprint density at radius 1 is 0.783 bits per heavy atom. The van der Waals surface area contributed by atoms with E-state index in [0.29, 0.717) is 0 Å². The van der Waals surface area contributed by atoms with E-state index in [1.807, 2.05) is 6.56 Å². The van der Waals surface area contributed by atoms with Gasteiger partial charge in [0.05, 0.1) is 0 Å². The minimum atomic E-state index is -0.617. The summed E-state index contributed by atoms with van der Waals surface area (Å²) in [5.74, 6) is 1.58. The minimum Gasteiger partial charge on any atom is -1.00 e. The smallest absolute Gasteiger partial charge is 1.00 e. The zero-order valence-corrected chi connectivity index (χ0v) is 19.4. The van der Waals surface area contributed by atoms with Crippen molar-refractivity contribution in [2.75, 3.05) is 0 Å². The van der Waals surface area contributed by atoms with Gasteiger partial charge in [0, 0.05) is 0 Å². The predicted molar refractivity (Wildman–Crippen MR) is 89.7 cm³/mol. The molecule has 0 unspecified atom stereocenters. The summed E-state index contributed by atoms with van der Waals surface area (Å²) in [7, 11) is 0. The van der Waals surface area contributed by atoms with Gasteiger partial charge in [-0.2, -0.15) is 0 Å². The molecule has 0 radical (unpaired) electrons. The molecule has 0 bridgehead atoms. The van der Waals surface area contributed by atoms with Crippen molar-refractivity contribution in [1.29, 1.82) is 0 Å². The van der Waals surface area contributed by atoms with E-state index in [4.69, 9.17) is 0 Å². The SMILES string of the molecule is CC1=CCC(CC(C)C)=[C]1[Zr+2][C]1=C(CC(C)C)CC=C1C.[Cl-].[Cl-]. The molecule has 23 heavy (non-hydrogen) atoms. The van der Waals surface area contributed by atoms with Gasteiger partial charge in [-0.05, 0) is 0 Å². The molecule has 0 N–H and O–H groups in total. The molecular weight excluding hydrogens is 402 g/mol. The van der Waals surface area contributed by atoms with E-state index in [1.54, 1.807) is 22.3 Å². The van der Waals surface area contributed by atoms with Crippen LogP contribution >= 0.6 is 0 Å². The van der Waals surface area contributed by atoms with Gasteiger partial charge in [-0.25, -0.2) is 0 Å². The van der Waals surface area contributed by atoms with Crippen LogP contribution in [0, 0.1) is 11.8 Å². The van der Waals surface area contributed by atoms with Crippen LogP contribution in [0.25, 0.3) is 0 Å². The number of rotatable bonds is 6. The van der Waals surface area contributed by atoms with Crippen LogP contribution in [0.15, 0.2) is 41.0 Å². The van der Waals surface area contributed by atoms with Crippen molar-refractivity contribution < 1.29 is 48.0 Å². The van der Waals surface area contributed by atoms with Crippen molar-refractivity contribution in [2.45, 2.75) is 67.2 Å². The topological polar surface area (TPSA) is 0 Å². The van der Waals surface area contributed by atoms with E-state index >= 15 is 0 Å². The zero-order chi connectivity index (χ0) is 15.6. The van der Waals surface area contributed by atoms with Crippen LogP contribution in [0.2, 0.25) is 0 Å². The molecule has 2 aliphatic carbocycles. The van der Waals surface area contributed by atoms with Gasteiger partial charge in [0.1, 0.15) is 0 Å². The molecule has 0 nitrogen and oxygen atoms in total. The van der Waals surface area contributed by atoms with Gasteiger partial charge in [0.15, 0.2) is 0 Å². The van der Waals surface area contributed by atoms with Crippen LogP contribution in [0.3, 0.4) is 0 Å². The molecule has 0 aliphatic heterocycles. The van der Waals surface area contributed by atoms with Gasteiger partial charge in [-0.1, -0.05) is 0 Å². The molecule has 0 aromatic heterocycles. The standard InChI is InChI=1S/2C10H15.2ClH.Zr/c2*1-8(2)6-10-5-4-9(3)7-10;;;/h2*4,8H,5-6H2,1-3H3;2*1H;/q;;;;+2/p-2. The van der Waals surface area contributed by atoms with E-state index in [1.165, 1.54) is 25.7 Å². The van der Waals surface area contributed by atoms with Gasteiger partial charge >= 0.3 is 143 Å². The summed E-state index contributed by atoms with van der Waals surface area (Å²) in [6.45, 7) is 14.1. The molecule has 0 amide bonds. The van der Waals surface area contributed by atoms with Crippen molar-refractivity contribution >= 4 is 0 Å². The van der Waals surface area contributed by atoms with Gasteiger partial charge in [-0.15, -0.1) is 0 Å². The van der Waals surface area contributed by atoms with Gasteiger partial charge in [0.2, 0.25) is 0 Å². The summed E-state index contributed by atoms with van der Waals surface area (Å²) in [5, 5.41) is 0. The Morgan fingerprint density at radius 3 is 1.43 bits per heavy atom. The predicted octanol–water partition coefficient (Wildman–Crippen LogP) is 0.377. The first-order valence-electron chi connectivity index (χ1n) is 8.43. The Balaban J connectivity index is 0.00000242. The fourth-order valence-corrected chi connectivity index (χ4v) is 7.33. The van der Waals surface area contributed by atoms with Gasteiger partial charge in [0.25, 0.3) is 0 Å². The average molecular weight is 433 g/mol. The third-order valence-corrected chi connectivity index (χ3v) is 9.27. The van der Waals surface area contributed by atoms with Crippen LogP contribution in [0.4, 0.5) is 0 Å². The Morgan fingerprint density at radius 2 is 1.13 bits per heavy atom. The summed E-state index contributed by atoms with van der Waals surface area (Å²) in [5.41, 5.74) is 6.75. The summed E-state index contributed by atoms with van der Waals surface area (Å²) >= 11 is -0.617. The molecule has 3 heteroatoms. The van der Waals surface area contributed by atoms with Crippen LogP contribution in [0.1, 0.15) is 67.2 Å². The fourth-order valence-electron chi connectivity index (χ4n) is 3.37. The average Bonchev–Trinajstić information content (AvgIpc) is 2.87. The first kappa shape index (κ1) is 23.4. The Hall–Kier alpha value is 0.423. The molecule has 0 saturated heterocycles. The second kappa shape index (κ2) is 10.4. The molecule has 0 heterocycles. The van der Waals surface area contributed by atoms with Gasteiger partial charge in [-0.3, -0.25) is 0 Å². The van der Waals surface area contributed by atoms with Crippen molar-refractivity contribution in [1.82, 2.24) is 0 Å². The molecular formula is C20H30Cl2Zr. The Labute approximate surface area is 167 Å². The zero-order valence-electron chi connectivity index (χ0n) is 15.4. The molecule has 0 aromatic rings. The normalized spacial score (nSPS) is 17.2. The molecule has 0 aromatic carbocycles. The van der Waals surface area contributed by atoms with E-state index in [9.17, 15) is 0 Å². The summed E-state index contributed by atoms with van der Waals surface area (Å²) < 4.78 is 3.64. The number of allylic oxidation sites excluding steroid dienone is 8. The number of hydrogen-bond donors (Lipinski definition) is 0. The Kier molecular flexibility index (Phi) is 10.6. The Bertz CT molecular complexity index is 486. The van der Waals surface area contributed by atoms with Crippen molar-refractivity contribution in [2.24, 2.45) is 11.8 Å². The molecule has 0 atom stereocenters. The maximum absolute atomic E-state index is 2.48. The maximum atomic E-state index is 2.48. The third kappa shape index (κ3) is 6.34. The molecule has 0 fully saturated rings. The minimum absolute atomic E-state index is 0. The third-order valence-electron chi connectivity index (χ3n) is 4.36. The van der Waals surface area contributed by atoms with E-state index in [2.05, 4.69) is 53.7 Å². The van der Waals surface area contributed by atoms with Crippen LogP contribution in [-0.2, 0) is 23.2 Å². The first-order chi connectivity index (χ1) is 9.88. The summed E-state index contributed by atoms with van der Waals surface area (Å²) in [6.07, 6.45) is 10.0. The van der Waals surface area contributed by atoms with Crippen LogP contribution in [0.5, 0.6) is 0 Å². The van der Waals surface area contributed by atoms with Crippen LogP contribution < -0.4 is 24.8 Å². The molecule has 2 aliphatic rings. The number of halogens is 2. The van der Waals surface area contributed by atoms with E-state index in [-0.39, 0.29) is 24.8 Å². The maximum Gasteiger partial charge on any atom is -1.00 e. The van der Waals surface area contributed by atoms with Crippen molar-refractivity contribution in [3.8, 4) is 0 Å².